The fourth-order valence-corrected chi connectivity index (χ4v) is 3.38. The molecule has 0 bridgehead atoms. The van der Waals surface area contributed by atoms with Crippen LogP contribution in [-0.2, 0) is 14.3 Å². The van der Waals surface area contributed by atoms with Gasteiger partial charge in [-0.25, -0.2) is 0 Å². The summed E-state index contributed by atoms with van der Waals surface area (Å²) in [6, 6.07) is 0. The van der Waals surface area contributed by atoms with Crippen LogP contribution < -0.4 is 0 Å². The Morgan fingerprint density at radius 1 is 1.25 bits per heavy atom. The van der Waals surface area contributed by atoms with E-state index in [1.807, 2.05) is 13.8 Å². The van der Waals surface area contributed by atoms with Crippen molar-refractivity contribution in [2.24, 2.45) is 11.8 Å². The summed E-state index contributed by atoms with van der Waals surface area (Å²) in [6.45, 7) is 7.54. The van der Waals surface area contributed by atoms with Crippen LogP contribution in [0.1, 0.15) is 33.6 Å². The van der Waals surface area contributed by atoms with E-state index in [0.717, 1.165) is 0 Å². The molecule has 1 amide bonds. The molecule has 5 nitrogen and oxygen atoms in total. The summed E-state index contributed by atoms with van der Waals surface area (Å²) < 4.78 is 11.0. The lowest BCUT2D eigenvalue weighted by molar-refractivity contribution is -0.143. The monoisotopic (exact) mass is 285 g/mol. The van der Waals surface area contributed by atoms with E-state index in [0.29, 0.717) is 32.6 Å². The van der Waals surface area contributed by atoms with Gasteiger partial charge in [0.1, 0.15) is 0 Å². The second-order valence-electron chi connectivity index (χ2n) is 6.46. The Morgan fingerprint density at radius 2 is 1.85 bits per heavy atom. The number of carbonyl (C=O) groups excluding carboxylic acids is 1. The molecule has 0 radical (unpaired) electrons. The summed E-state index contributed by atoms with van der Waals surface area (Å²) in [4.78, 5) is 14.3. The van der Waals surface area contributed by atoms with Gasteiger partial charge in [0.05, 0.1) is 23.7 Å². The Morgan fingerprint density at radius 3 is 2.35 bits per heavy atom. The Hall–Kier alpha value is -0.650. The number of nitrogens with zero attached hydrogens (tertiary/aromatic N) is 1. The molecule has 0 spiro atoms. The predicted octanol–water partition coefficient (Wildman–Crippen LogP) is 1.05. The molecule has 116 valence electrons. The lowest BCUT2D eigenvalue weighted by atomic mass is 9.87. The number of hydrogen-bond donors (Lipinski definition) is 1. The fraction of sp³-hybridized carbons (Fsp3) is 0.933. The number of amides is 1. The Balaban J connectivity index is 1.98. The standard InChI is InChI=1S/C15H27NO4/c1-10-11(2)20-12(3)13(10)14(17)16(4)9-15(18)5-7-19-8-6-15/h10-13,18H,5-9H2,1-4H3. The van der Waals surface area contributed by atoms with E-state index in [2.05, 4.69) is 6.92 Å². The van der Waals surface area contributed by atoms with Crippen molar-refractivity contribution < 1.29 is 19.4 Å². The minimum Gasteiger partial charge on any atom is -0.388 e. The van der Waals surface area contributed by atoms with Crippen LogP contribution in [0.3, 0.4) is 0 Å². The van der Waals surface area contributed by atoms with Crippen molar-refractivity contribution in [1.82, 2.24) is 4.90 Å². The molecule has 1 N–H and O–H groups in total. The maximum Gasteiger partial charge on any atom is 0.228 e. The van der Waals surface area contributed by atoms with Gasteiger partial charge < -0.3 is 19.5 Å². The summed E-state index contributed by atoms with van der Waals surface area (Å²) in [6.07, 6.45) is 1.23. The van der Waals surface area contributed by atoms with Gasteiger partial charge in [-0.1, -0.05) is 6.92 Å². The van der Waals surface area contributed by atoms with E-state index < -0.39 is 5.60 Å². The Bertz CT molecular complexity index is 354. The van der Waals surface area contributed by atoms with Crippen LogP contribution in [0.25, 0.3) is 0 Å². The van der Waals surface area contributed by atoms with Crippen LogP contribution in [-0.4, -0.2) is 60.5 Å². The number of aliphatic hydroxyl groups is 1. The predicted molar refractivity (Wildman–Crippen MR) is 75.3 cm³/mol. The molecule has 5 heteroatoms. The van der Waals surface area contributed by atoms with Crippen LogP contribution in [0.15, 0.2) is 0 Å². The highest BCUT2D eigenvalue weighted by molar-refractivity contribution is 5.80. The van der Waals surface area contributed by atoms with E-state index in [1.165, 1.54) is 0 Å². The Kier molecular flexibility index (Phi) is 4.72. The highest BCUT2D eigenvalue weighted by Gasteiger charge is 2.44. The molecule has 0 aromatic rings. The average molecular weight is 285 g/mol. The number of rotatable bonds is 3. The van der Waals surface area contributed by atoms with E-state index in [9.17, 15) is 9.90 Å². The van der Waals surface area contributed by atoms with E-state index in [-0.39, 0.29) is 30.0 Å². The van der Waals surface area contributed by atoms with Gasteiger partial charge in [-0.2, -0.15) is 0 Å². The van der Waals surface area contributed by atoms with Crippen LogP contribution in [0, 0.1) is 11.8 Å². The summed E-state index contributed by atoms with van der Waals surface area (Å²) >= 11 is 0. The van der Waals surface area contributed by atoms with Gasteiger partial charge in [0.2, 0.25) is 5.91 Å². The number of carbonyl (C=O) groups is 1. The minimum atomic E-state index is -0.805. The van der Waals surface area contributed by atoms with Crippen molar-refractivity contribution in [3.63, 3.8) is 0 Å². The molecule has 0 aromatic heterocycles. The fourth-order valence-electron chi connectivity index (χ4n) is 3.38. The molecule has 2 fully saturated rings. The molecule has 4 atom stereocenters. The van der Waals surface area contributed by atoms with Crippen LogP contribution in [0.5, 0.6) is 0 Å². The van der Waals surface area contributed by atoms with E-state index in [1.54, 1.807) is 11.9 Å². The molecule has 2 aliphatic rings. The first-order valence-electron chi connectivity index (χ1n) is 7.54. The topological polar surface area (TPSA) is 59.0 Å². The molecule has 2 saturated heterocycles. The average Bonchev–Trinajstić information content (AvgIpc) is 2.63. The van der Waals surface area contributed by atoms with Gasteiger partial charge in [0.25, 0.3) is 0 Å². The van der Waals surface area contributed by atoms with Crippen LogP contribution >= 0.6 is 0 Å². The third-order valence-electron chi connectivity index (χ3n) is 4.86. The largest absolute Gasteiger partial charge is 0.388 e. The summed E-state index contributed by atoms with van der Waals surface area (Å²) in [5.41, 5.74) is -0.805. The maximum atomic E-state index is 12.6. The summed E-state index contributed by atoms with van der Waals surface area (Å²) in [7, 11) is 1.78. The van der Waals surface area contributed by atoms with Gasteiger partial charge in [0.15, 0.2) is 0 Å². The zero-order valence-electron chi connectivity index (χ0n) is 13.0. The Labute approximate surface area is 121 Å². The summed E-state index contributed by atoms with van der Waals surface area (Å²) in [5, 5.41) is 10.5. The SMILES string of the molecule is CC1OC(C)C(C(=O)N(C)CC2(O)CCOCC2)C1C. The summed E-state index contributed by atoms with van der Waals surface area (Å²) in [5.74, 6) is 0.178. The molecule has 0 aliphatic carbocycles. The maximum absolute atomic E-state index is 12.6. The zero-order chi connectivity index (χ0) is 14.9. The molecular formula is C15H27NO4. The highest BCUT2D eigenvalue weighted by atomic mass is 16.5. The third-order valence-corrected chi connectivity index (χ3v) is 4.86. The molecule has 0 aromatic carbocycles. The zero-order valence-corrected chi connectivity index (χ0v) is 13.0. The van der Waals surface area contributed by atoms with E-state index in [4.69, 9.17) is 9.47 Å². The second-order valence-corrected chi connectivity index (χ2v) is 6.46. The van der Waals surface area contributed by atoms with Crippen LogP contribution in [0.4, 0.5) is 0 Å². The van der Waals surface area contributed by atoms with Gasteiger partial charge >= 0.3 is 0 Å². The molecule has 2 rings (SSSR count). The normalized spacial score (nSPS) is 36.9. The van der Waals surface area contributed by atoms with Gasteiger partial charge in [0, 0.05) is 39.6 Å². The molecule has 2 heterocycles. The molecule has 0 saturated carbocycles. The number of ether oxygens (including phenoxy) is 2. The smallest absolute Gasteiger partial charge is 0.228 e. The van der Waals surface area contributed by atoms with Gasteiger partial charge in [-0.15, -0.1) is 0 Å². The number of likely N-dealkylation sites (N-methyl/N-ethyl adjacent to an activating group) is 1. The van der Waals surface area contributed by atoms with Crippen molar-refractivity contribution in [3.05, 3.63) is 0 Å². The lowest BCUT2D eigenvalue weighted by Gasteiger charge is -2.36. The highest BCUT2D eigenvalue weighted by Crippen LogP contribution is 2.34. The van der Waals surface area contributed by atoms with Crippen molar-refractivity contribution >= 4 is 5.91 Å². The second kappa shape index (κ2) is 6.00. The first-order chi connectivity index (χ1) is 9.34. The first-order valence-corrected chi connectivity index (χ1v) is 7.54. The molecule has 2 aliphatic heterocycles. The number of hydrogen-bond acceptors (Lipinski definition) is 4. The van der Waals surface area contributed by atoms with Gasteiger partial charge in [-0.3, -0.25) is 4.79 Å². The lowest BCUT2D eigenvalue weighted by Crippen LogP contribution is -2.49. The van der Waals surface area contributed by atoms with Gasteiger partial charge in [-0.05, 0) is 19.8 Å². The molecule has 20 heavy (non-hydrogen) atoms. The van der Waals surface area contributed by atoms with Crippen molar-refractivity contribution in [1.29, 1.82) is 0 Å². The van der Waals surface area contributed by atoms with E-state index >= 15 is 0 Å². The van der Waals surface area contributed by atoms with Crippen molar-refractivity contribution in [2.45, 2.75) is 51.4 Å². The quantitative estimate of drug-likeness (QED) is 0.842. The molecule has 4 unspecified atom stereocenters. The minimum absolute atomic E-state index is 0.0562. The third kappa shape index (κ3) is 3.15. The first kappa shape index (κ1) is 15.7. The van der Waals surface area contributed by atoms with Crippen LogP contribution in [0.2, 0.25) is 0 Å². The van der Waals surface area contributed by atoms with Crippen molar-refractivity contribution in [3.8, 4) is 0 Å². The van der Waals surface area contributed by atoms with Crippen molar-refractivity contribution in [2.75, 3.05) is 26.8 Å². The molecular weight excluding hydrogens is 258 g/mol.